The largest absolute Gasteiger partial charge is 0.493 e. The van der Waals surface area contributed by atoms with Gasteiger partial charge in [-0.25, -0.2) is 19.3 Å². The summed E-state index contributed by atoms with van der Waals surface area (Å²) in [6.45, 7) is 0.786. The lowest BCUT2D eigenvalue weighted by molar-refractivity contribution is 0.102. The number of benzene rings is 1. The Balaban J connectivity index is 1.44. The first kappa shape index (κ1) is 16.9. The molecule has 0 saturated heterocycles. The minimum Gasteiger partial charge on any atom is -0.493 e. The second kappa shape index (κ2) is 6.24. The lowest BCUT2D eigenvalue weighted by Gasteiger charge is -2.13. The third-order valence-electron chi connectivity index (χ3n) is 5.48. The van der Waals surface area contributed by atoms with Crippen molar-refractivity contribution in [2.45, 2.75) is 13.0 Å². The van der Waals surface area contributed by atoms with E-state index in [1.54, 1.807) is 35.3 Å². The van der Waals surface area contributed by atoms with E-state index < -0.39 is 0 Å². The Labute approximate surface area is 169 Å². The first-order valence-corrected chi connectivity index (χ1v) is 9.50. The zero-order valence-corrected chi connectivity index (χ0v) is 15.6. The third kappa shape index (κ3) is 2.38. The summed E-state index contributed by atoms with van der Waals surface area (Å²) in [7, 11) is 0. The molecule has 8 nitrogen and oxygen atoms in total. The van der Waals surface area contributed by atoms with Gasteiger partial charge in [0.15, 0.2) is 5.69 Å². The van der Waals surface area contributed by atoms with Gasteiger partial charge >= 0.3 is 0 Å². The predicted octanol–water partition coefficient (Wildman–Crippen LogP) is 3.04. The molecule has 0 atom stereocenters. The molecule has 9 heteroatoms. The highest BCUT2D eigenvalue weighted by Gasteiger charge is 2.26. The van der Waals surface area contributed by atoms with Crippen LogP contribution in [0.4, 0.5) is 16.2 Å². The Morgan fingerprint density at radius 1 is 1.20 bits per heavy atom. The molecule has 0 unspecified atom stereocenters. The summed E-state index contributed by atoms with van der Waals surface area (Å²) < 4.78 is 21.7. The first-order valence-electron chi connectivity index (χ1n) is 9.50. The number of ether oxygens (including phenoxy) is 1. The van der Waals surface area contributed by atoms with Crippen molar-refractivity contribution in [3.63, 3.8) is 0 Å². The molecule has 148 valence electrons. The Kier molecular flexibility index (Phi) is 3.52. The fourth-order valence-electron chi connectivity index (χ4n) is 4.07. The minimum absolute atomic E-state index is 0.234. The molecule has 0 fully saturated rings. The third-order valence-corrected chi connectivity index (χ3v) is 5.48. The highest BCUT2D eigenvalue weighted by Crippen LogP contribution is 2.35. The maximum absolute atomic E-state index is 14.5. The second-order valence-corrected chi connectivity index (χ2v) is 7.12. The molecule has 0 radical (unpaired) electrons. The van der Waals surface area contributed by atoms with Crippen molar-refractivity contribution >= 4 is 23.2 Å². The number of hydrogen-bond donors (Lipinski definition) is 2. The van der Waals surface area contributed by atoms with Gasteiger partial charge in [-0.2, -0.15) is 0 Å². The number of nitrogens with zero attached hydrogens (tertiary/aromatic N) is 4. The van der Waals surface area contributed by atoms with Crippen LogP contribution in [0, 0.1) is 5.82 Å². The number of fused-ring (bicyclic) bond motifs is 3. The molecule has 2 aliphatic heterocycles. The van der Waals surface area contributed by atoms with Crippen LogP contribution < -0.4 is 15.4 Å². The van der Waals surface area contributed by atoms with Crippen LogP contribution in [0.25, 0.3) is 16.6 Å². The van der Waals surface area contributed by atoms with Gasteiger partial charge in [-0.05, 0) is 24.3 Å². The van der Waals surface area contributed by atoms with E-state index in [1.807, 2.05) is 6.07 Å². The maximum atomic E-state index is 14.5. The van der Waals surface area contributed by atoms with Gasteiger partial charge in [-0.1, -0.05) is 0 Å². The summed E-state index contributed by atoms with van der Waals surface area (Å²) >= 11 is 0. The molecule has 0 saturated carbocycles. The summed E-state index contributed by atoms with van der Waals surface area (Å²) in [5.74, 6) is 1.02. The van der Waals surface area contributed by atoms with E-state index in [1.165, 1.54) is 6.07 Å². The van der Waals surface area contributed by atoms with Gasteiger partial charge in [0.25, 0.3) is 5.91 Å². The zero-order chi connectivity index (χ0) is 20.2. The first-order chi connectivity index (χ1) is 14.7. The van der Waals surface area contributed by atoms with E-state index in [0.717, 1.165) is 22.4 Å². The Bertz CT molecular complexity index is 1350. The van der Waals surface area contributed by atoms with Crippen molar-refractivity contribution in [3.05, 3.63) is 65.6 Å². The van der Waals surface area contributed by atoms with E-state index in [2.05, 4.69) is 25.6 Å². The standard InChI is InChI=1S/C21H15FN6O2/c22-15-3-4-16-11(5-7-30-16)13(15)8-24-21-25-9-14-12-2-1-6-23-19(12)27-20(29)17-18(14)28(21)10-26-17/h1-4,6,9-10H,5,7-8H2,(H,24,25)(H,23,27,29). The second-order valence-electron chi connectivity index (χ2n) is 7.12. The highest BCUT2D eigenvalue weighted by atomic mass is 19.1. The smallest absolute Gasteiger partial charge is 0.277 e. The number of anilines is 2. The summed E-state index contributed by atoms with van der Waals surface area (Å²) in [6.07, 6.45) is 5.51. The fraction of sp³-hybridized carbons (Fsp3) is 0.143. The molecule has 4 aromatic rings. The number of hydrogen-bond acceptors (Lipinski definition) is 6. The van der Waals surface area contributed by atoms with Crippen molar-refractivity contribution in [1.82, 2.24) is 19.4 Å². The molecule has 5 heterocycles. The number of aromatic nitrogens is 4. The number of rotatable bonds is 3. The summed E-state index contributed by atoms with van der Waals surface area (Å²) in [5.41, 5.74) is 3.85. The normalized spacial score (nSPS) is 14.0. The predicted molar refractivity (Wildman–Crippen MR) is 107 cm³/mol. The number of imidazole rings is 1. The molecular weight excluding hydrogens is 387 g/mol. The number of nitrogens with one attached hydrogen (secondary N) is 2. The molecule has 0 spiro atoms. The van der Waals surface area contributed by atoms with E-state index >= 15 is 0 Å². The van der Waals surface area contributed by atoms with Crippen molar-refractivity contribution in [3.8, 4) is 16.9 Å². The Morgan fingerprint density at radius 2 is 2.13 bits per heavy atom. The molecule has 30 heavy (non-hydrogen) atoms. The lowest BCUT2D eigenvalue weighted by Crippen LogP contribution is -2.12. The Hall–Kier alpha value is -4.01. The molecule has 1 aromatic carbocycles. The molecule has 2 N–H and O–H groups in total. The molecule has 1 amide bonds. The van der Waals surface area contributed by atoms with Crippen LogP contribution in [-0.4, -0.2) is 31.9 Å². The van der Waals surface area contributed by atoms with Gasteiger partial charge in [-0.3, -0.25) is 9.20 Å². The van der Waals surface area contributed by atoms with E-state index in [-0.39, 0.29) is 24.0 Å². The topological polar surface area (TPSA) is 93.4 Å². The van der Waals surface area contributed by atoms with Gasteiger partial charge in [0.1, 0.15) is 23.7 Å². The van der Waals surface area contributed by atoms with Gasteiger partial charge < -0.3 is 15.4 Å². The van der Waals surface area contributed by atoms with Crippen LogP contribution in [0.3, 0.4) is 0 Å². The lowest BCUT2D eigenvalue weighted by atomic mass is 10.0. The Morgan fingerprint density at radius 3 is 3.07 bits per heavy atom. The number of pyridine rings is 1. The van der Waals surface area contributed by atoms with Crippen molar-refractivity contribution in [2.75, 3.05) is 17.2 Å². The molecule has 3 aromatic heterocycles. The number of amides is 1. The van der Waals surface area contributed by atoms with E-state index in [9.17, 15) is 9.18 Å². The van der Waals surface area contributed by atoms with Crippen LogP contribution in [0.1, 0.15) is 21.6 Å². The summed E-state index contributed by atoms with van der Waals surface area (Å²) in [6, 6.07) is 6.75. The quantitative estimate of drug-likeness (QED) is 0.547. The molecule has 0 bridgehead atoms. The van der Waals surface area contributed by atoms with Crippen molar-refractivity contribution < 1.29 is 13.9 Å². The number of halogens is 1. The SMILES string of the molecule is O=C1Nc2ncccc2-c2cnc(NCc3c(F)ccc4c3CCO4)n3cnc1c23. The van der Waals surface area contributed by atoms with Gasteiger partial charge in [-0.15, -0.1) is 0 Å². The maximum Gasteiger partial charge on any atom is 0.277 e. The van der Waals surface area contributed by atoms with Crippen molar-refractivity contribution in [2.24, 2.45) is 0 Å². The van der Waals surface area contributed by atoms with Crippen LogP contribution >= 0.6 is 0 Å². The van der Waals surface area contributed by atoms with Crippen LogP contribution in [0.2, 0.25) is 0 Å². The zero-order valence-electron chi connectivity index (χ0n) is 15.6. The summed E-state index contributed by atoms with van der Waals surface area (Å²) in [5, 5.41) is 5.98. The van der Waals surface area contributed by atoms with Gasteiger partial charge in [0.05, 0.1) is 12.1 Å². The number of carbonyl (C=O) groups is 1. The van der Waals surface area contributed by atoms with Crippen LogP contribution in [0.15, 0.2) is 43.0 Å². The average Bonchev–Trinajstić information content (AvgIpc) is 3.38. The summed E-state index contributed by atoms with van der Waals surface area (Å²) in [4.78, 5) is 25.7. The van der Waals surface area contributed by atoms with Crippen molar-refractivity contribution in [1.29, 1.82) is 0 Å². The van der Waals surface area contributed by atoms with Gasteiger partial charge in [0, 0.05) is 47.6 Å². The van der Waals surface area contributed by atoms with Gasteiger partial charge in [0.2, 0.25) is 5.95 Å². The highest BCUT2D eigenvalue weighted by molar-refractivity contribution is 6.14. The van der Waals surface area contributed by atoms with E-state index in [4.69, 9.17) is 4.74 Å². The monoisotopic (exact) mass is 402 g/mol. The van der Waals surface area contributed by atoms with E-state index in [0.29, 0.717) is 35.9 Å². The van der Waals surface area contributed by atoms with Crippen LogP contribution in [-0.2, 0) is 13.0 Å². The van der Waals surface area contributed by atoms with Crippen LogP contribution in [0.5, 0.6) is 5.75 Å². The molecular formula is C21H15FN6O2. The fourth-order valence-corrected chi connectivity index (χ4v) is 4.07. The molecule has 2 aliphatic rings. The number of carbonyl (C=O) groups excluding carboxylic acids is 1. The molecule has 0 aliphatic carbocycles. The average molecular weight is 402 g/mol. The molecule has 6 rings (SSSR count). The minimum atomic E-state index is -0.336.